The van der Waals surface area contributed by atoms with E-state index in [2.05, 4.69) is 10.3 Å². The zero-order valence-electron chi connectivity index (χ0n) is 14.0. The third-order valence-electron chi connectivity index (χ3n) is 3.35. The molecule has 0 radical (unpaired) electrons. The van der Waals surface area contributed by atoms with Crippen LogP contribution in [-0.2, 0) is 16.3 Å². The summed E-state index contributed by atoms with van der Waals surface area (Å²) in [6.45, 7) is 3.74. The molecule has 0 aliphatic heterocycles. The minimum Gasteiger partial charge on any atom is -0.478 e. The number of benzene rings is 1. The van der Waals surface area contributed by atoms with Gasteiger partial charge in [-0.3, -0.25) is 4.79 Å². The van der Waals surface area contributed by atoms with Crippen LogP contribution >= 0.6 is 11.3 Å². The first-order valence-corrected chi connectivity index (χ1v) is 10.2. The summed E-state index contributed by atoms with van der Waals surface area (Å²) in [7, 11) is -3.62. The Morgan fingerprint density at radius 2 is 1.96 bits per heavy atom. The van der Waals surface area contributed by atoms with E-state index in [-0.39, 0.29) is 16.1 Å². The lowest BCUT2D eigenvalue weighted by Gasteiger charge is -2.08. The van der Waals surface area contributed by atoms with Gasteiger partial charge in [-0.05, 0) is 38.0 Å². The maximum atomic E-state index is 12.5. The van der Waals surface area contributed by atoms with Gasteiger partial charge in [0.15, 0.2) is 9.84 Å². The summed E-state index contributed by atoms with van der Waals surface area (Å²) in [6.07, 6.45) is 2.65. The fourth-order valence-corrected chi connectivity index (χ4v) is 3.92. The SMILES string of the molecule is CCCc1nc(C)c(C(=O)Nc2cc(C(=O)O)cc(S(C)(=O)=O)c2)s1. The van der Waals surface area contributed by atoms with E-state index in [1.54, 1.807) is 6.92 Å². The van der Waals surface area contributed by atoms with Gasteiger partial charge in [-0.15, -0.1) is 11.3 Å². The van der Waals surface area contributed by atoms with Crippen molar-refractivity contribution in [2.45, 2.75) is 31.6 Å². The van der Waals surface area contributed by atoms with Gasteiger partial charge in [0, 0.05) is 11.9 Å². The zero-order valence-corrected chi connectivity index (χ0v) is 15.6. The number of rotatable bonds is 6. The third kappa shape index (κ3) is 4.64. The molecule has 2 aromatic rings. The largest absolute Gasteiger partial charge is 0.478 e. The number of amides is 1. The normalized spacial score (nSPS) is 11.3. The second-order valence-electron chi connectivity index (χ2n) is 5.55. The Morgan fingerprint density at radius 1 is 1.28 bits per heavy atom. The van der Waals surface area contributed by atoms with E-state index in [1.165, 1.54) is 23.5 Å². The first kappa shape index (κ1) is 19.1. The predicted molar refractivity (Wildman–Crippen MR) is 95.3 cm³/mol. The molecule has 0 saturated heterocycles. The van der Waals surface area contributed by atoms with Gasteiger partial charge < -0.3 is 10.4 Å². The highest BCUT2D eigenvalue weighted by molar-refractivity contribution is 7.90. The Morgan fingerprint density at radius 3 is 2.52 bits per heavy atom. The number of carbonyl (C=O) groups is 2. The predicted octanol–water partition coefficient (Wildman–Crippen LogP) is 2.76. The monoisotopic (exact) mass is 382 g/mol. The maximum Gasteiger partial charge on any atom is 0.335 e. The molecule has 0 spiro atoms. The smallest absolute Gasteiger partial charge is 0.335 e. The number of sulfone groups is 1. The number of carboxylic acid groups (broad SMARTS) is 1. The fraction of sp³-hybridized carbons (Fsp3) is 0.312. The molecule has 0 atom stereocenters. The van der Waals surface area contributed by atoms with Gasteiger partial charge in [-0.1, -0.05) is 6.92 Å². The maximum absolute atomic E-state index is 12.5. The molecule has 9 heteroatoms. The Hall–Kier alpha value is -2.26. The van der Waals surface area contributed by atoms with Crippen molar-refractivity contribution < 1.29 is 23.1 Å². The summed E-state index contributed by atoms with van der Waals surface area (Å²) < 4.78 is 23.5. The van der Waals surface area contributed by atoms with Crippen LogP contribution in [0.25, 0.3) is 0 Å². The zero-order chi connectivity index (χ0) is 18.8. The summed E-state index contributed by atoms with van der Waals surface area (Å²) in [4.78, 5) is 28.2. The number of aromatic carboxylic acids is 1. The average molecular weight is 382 g/mol. The lowest BCUT2D eigenvalue weighted by atomic mass is 10.2. The molecule has 0 bridgehead atoms. The van der Waals surface area contributed by atoms with Crippen molar-refractivity contribution in [2.75, 3.05) is 11.6 Å². The van der Waals surface area contributed by atoms with Crippen molar-refractivity contribution in [2.24, 2.45) is 0 Å². The molecule has 1 aromatic heterocycles. The van der Waals surface area contributed by atoms with Crippen LogP contribution in [0.15, 0.2) is 23.1 Å². The highest BCUT2D eigenvalue weighted by Crippen LogP contribution is 2.23. The van der Waals surface area contributed by atoms with Crippen molar-refractivity contribution in [3.8, 4) is 0 Å². The molecular weight excluding hydrogens is 364 g/mol. The van der Waals surface area contributed by atoms with E-state index in [0.29, 0.717) is 10.6 Å². The van der Waals surface area contributed by atoms with Crippen LogP contribution in [0.2, 0.25) is 0 Å². The minimum absolute atomic E-state index is 0.107. The van der Waals surface area contributed by atoms with Crippen LogP contribution in [0.3, 0.4) is 0 Å². The quantitative estimate of drug-likeness (QED) is 0.794. The number of anilines is 1. The summed E-state index contributed by atoms with van der Waals surface area (Å²) in [6, 6.07) is 3.52. The number of aromatic nitrogens is 1. The first-order chi connectivity index (χ1) is 11.6. The molecule has 7 nitrogen and oxygen atoms in total. The van der Waals surface area contributed by atoms with E-state index < -0.39 is 21.7 Å². The van der Waals surface area contributed by atoms with Crippen LogP contribution < -0.4 is 5.32 Å². The molecule has 0 aliphatic rings. The molecular formula is C16H18N2O5S2. The molecule has 2 rings (SSSR count). The van der Waals surface area contributed by atoms with Crippen molar-refractivity contribution in [1.29, 1.82) is 0 Å². The summed E-state index contributed by atoms with van der Waals surface area (Å²) in [5.74, 6) is -1.72. The number of hydrogen-bond acceptors (Lipinski definition) is 6. The summed E-state index contributed by atoms with van der Waals surface area (Å²) in [5, 5.41) is 12.6. The van der Waals surface area contributed by atoms with Gasteiger partial charge in [0.1, 0.15) is 4.88 Å². The second kappa shape index (κ2) is 7.32. The van der Waals surface area contributed by atoms with Crippen molar-refractivity contribution in [3.63, 3.8) is 0 Å². The lowest BCUT2D eigenvalue weighted by Crippen LogP contribution is -2.13. The lowest BCUT2D eigenvalue weighted by molar-refractivity contribution is 0.0696. The van der Waals surface area contributed by atoms with E-state index in [1.807, 2.05) is 6.92 Å². The number of carboxylic acids is 1. The van der Waals surface area contributed by atoms with E-state index >= 15 is 0 Å². The molecule has 25 heavy (non-hydrogen) atoms. The molecule has 0 saturated carbocycles. The van der Waals surface area contributed by atoms with Gasteiger partial charge in [-0.25, -0.2) is 18.2 Å². The van der Waals surface area contributed by atoms with Crippen LogP contribution in [0.1, 0.15) is 44.1 Å². The highest BCUT2D eigenvalue weighted by Gasteiger charge is 2.18. The number of nitrogens with zero attached hydrogens (tertiary/aromatic N) is 1. The van der Waals surface area contributed by atoms with Gasteiger partial charge in [0.25, 0.3) is 5.91 Å². The molecule has 1 heterocycles. The van der Waals surface area contributed by atoms with Crippen LogP contribution in [0.5, 0.6) is 0 Å². The first-order valence-electron chi connectivity index (χ1n) is 7.48. The number of carbonyl (C=O) groups excluding carboxylic acids is 1. The molecule has 2 N–H and O–H groups in total. The molecule has 1 aromatic carbocycles. The van der Waals surface area contributed by atoms with Gasteiger partial charge in [-0.2, -0.15) is 0 Å². The Kier molecular flexibility index (Phi) is 5.58. The van der Waals surface area contributed by atoms with Crippen LogP contribution in [0, 0.1) is 6.92 Å². The van der Waals surface area contributed by atoms with Gasteiger partial charge >= 0.3 is 5.97 Å². The Balaban J connectivity index is 2.37. The second-order valence-corrected chi connectivity index (χ2v) is 8.65. The van der Waals surface area contributed by atoms with Gasteiger partial charge in [0.2, 0.25) is 0 Å². The van der Waals surface area contributed by atoms with E-state index in [0.717, 1.165) is 30.2 Å². The number of thiazole rings is 1. The van der Waals surface area contributed by atoms with Crippen LogP contribution in [-0.4, -0.2) is 36.6 Å². The number of hydrogen-bond donors (Lipinski definition) is 2. The standard InChI is InChI=1S/C16H18N2O5S2/c1-4-5-13-17-9(2)14(24-13)15(19)18-11-6-10(16(20)21)7-12(8-11)25(3,22)23/h6-8H,4-5H2,1-3H3,(H,18,19)(H,20,21). The number of nitrogens with one attached hydrogen (secondary N) is 1. The Bertz CT molecular complexity index is 932. The molecule has 1 amide bonds. The Labute approximate surface area is 149 Å². The fourth-order valence-electron chi connectivity index (χ4n) is 2.18. The third-order valence-corrected chi connectivity index (χ3v) is 5.66. The van der Waals surface area contributed by atoms with Crippen molar-refractivity contribution in [1.82, 2.24) is 4.98 Å². The van der Waals surface area contributed by atoms with Crippen LogP contribution in [0.4, 0.5) is 5.69 Å². The van der Waals surface area contributed by atoms with E-state index in [9.17, 15) is 18.0 Å². The minimum atomic E-state index is -3.62. The van der Waals surface area contributed by atoms with E-state index in [4.69, 9.17) is 5.11 Å². The summed E-state index contributed by atoms with van der Waals surface area (Å²) in [5.41, 5.74) is 0.477. The molecule has 0 unspecified atom stereocenters. The average Bonchev–Trinajstić information content (AvgIpc) is 2.87. The van der Waals surface area contributed by atoms with Crippen molar-refractivity contribution >= 4 is 38.7 Å². The molecule has 0 fully saturated rings. The summed E-state index contributed by atoms with van der Waals surface area (Å²) >= 11 is 1.27. The topological polar surface area (TPSA) is 113 Å². The van der Waals surface area contributed by atoms with Crippen molar-refractivity contribution in [3.05, 3.63) is 39.3 Å². The van der Waals surface area contributed by atoms with Gasteiger partial charge in [0.05, 0.1) is 21.2 Å². The molecule has 0 aliphatic carbocycles. The molecule has 134 valence electrons. The number of aryl methyl sites for hydroxylation is 2. The highest BCUT2D eigenvalue weighted by atomic mass is 32.2.